The lowest BCUT2D eigenvalue weighted by Crippen LogP contribution is -2.03. The van der Waals surface area contributed by atoms with Crippen LogP contribution in [0.1, 0.15) is 77.0 Å². The van der Waals surface area contributed by atoms with Gasteiger partial charge < -0.3 is 4.74 Å². The van der Waals surface area contributed by atoms with Gasteiger partial charge in [-0.25, -0.2) is 0 Å². The lowest BCUT2D eigenvalue weighted by atomic mass is 10.1. The quantitative estimate of drug-likeness (QED) is 0.458. The largest absolute Gasteiger partial charge is 0.461 e. The summed E-state index contributed by atoms with van der Waals surface area (Å²) in [5.74, 6) is -0.0380. The Morgan fingerprint density at radius 1 is 0.722 bits per heavy atom. The SMILES string of the molecule is O=C1CCCCCCCCCCCC/C=C/CO1. The Bertz CT molecular complexity index is 233. The molecule has 0 aromatic heterocycles. The van der Waals surface area contributed by atoms with E-state index in [0.29, 0.717) is 13.0 Å². The topological polar surface area (TPSA) is 26.3 Å². The van der Waals surface area contributed by atoms with Gasteiger partial charge in [-0.05, 0) is 19.3 Å². The monoisotopic (exact) mass is 252 g/mol. The molecule has 0 amide bonds. The van der Waals surface area contributed by atoms with E-state index in [9.17, 15) is 4.79 Å². The fourth-order valence-corrected chi connectivity index (χ4v) is 2.34. The van der Waals surface area contributed by atoms with E-state index in [1.54, 1.807) is 0 Å². The standard InChI is InChI=1S/C16H28O2/c17-16-14-12-10-8-6-4-2-1-3-5-7-9-11-13-15-18-16/h11,13H,1-10,12,14-15H2/b13-11+. The first-order chi connectivity index (χ1) is 8.89. The van der Waals surface area contributed by atoms with Gasteiger partial charge in [0.1, 0.15) is 6.61 Å². The Hall–Kier alpha value is -0.790. The van der Waals surface area contributed by atoms with Gasteiger partial charge in [0.25, 0.3) is 0 Å². The van der Waals surface area contributed by atoms with Crippen LogP contribution >= 0.6 is 0 Å². The van der Waals surface area contributed by atoms with Crippen molar-refractivity contribution in [3.8, 4) is 0 Å². The Balaban J connectivity index is 2.18. The zero-order valence-corrected chi connectivity index (χ0v) is 11.7. The summed E-state index contributed by atoms with van der Waals surface area (Å²) in [5.41, 5.74) is 0. The van der Waals surface area contributed by atoms with E-state index in [1.807, 2.05) is 6.08 Å². The van der Waals surface area contributed by atoms with E-state index in [-0.39, 0.29) is 5.97 Å². The summed E-state index contributed by atoms with van der Waals surface area (Å²) in [5, 5.41) is 0. The Labute approximate surface area is 112 Å². The number of cyclic esters (lactones) is 1. The van der Waals surface area contributed by atoms with E-state index in [2.05, 4.69) is 6.08 Å². The molecule has 0 bridgehead atoms. The first-order valence-electron chi connectivity index (χ1n) is 7.70. The van der Waals surface area contributed by atoms with Crippen LogP contribution in [-0.4, -0.2) is 12.6 Å². The second-order valence-corrected chi connectivity index (χ2v) is 5.23. The van der Waals surface area contributed by atoms with Crippen LogP contribution in [0.2, 0.25) is 0 Å². The second-order valence-electron chi connectivity index (χ2n) is 5.23. The fraction of sp³-hybridized carbons (Fsp3) is 0.812. The molecule has 0 unspecified atom stereocenters. The number of hydrogen-bond donors (Lipinski definition) is 0. The van der Waals surface area contributed by atoms with Gasteiger partial charge in [0, 0.05) is 6.42 Å². The number of hydrogen-bond acceptors (Lipinski definition) is 2. The van der Waals surface area contributed by atoms with Gasteiger partial charge in [-0.3, -0.25) is 4.79 Å². The minimum atomic E-state index is -0.0380. The summed E-state index contributed by atoms with van der Waals surface area (Å²) in [6.45, 7) is 0.457. The molecule has 0 fully saturated rings. The van der Waals surface area contributed by atoms with Gasteiger partial charge in [0.15, 0.2) is 0 Å². The first-order valence-corrected chi connectivity index (χ1v) is 7.70. The molecular weight excluding hydrogens is 224 g/mol. The van der Waals surface area contributed by atoms with Crippen LogP contribution in [0.15, 0.2) is 12.2 Å². The van der Waals surface area contributed by atoms with E-state index >= 15 is 0 Å². The first kappa shape index (κ1) is 15.3. The van der Waals surface area contributed by atoms with Gasteiger partial charge in [-0.2, -0.15) is 0 Å². The van der Waals surface area contributed by atoms with Crippen LogP contribution in [0.25, 0.3) is 0 Å². The van der Waals surface area contributed by atoms with Gasteiger partial charge in [-0.15, -0.1) is 0 Å². The van der Waals surface area contributed by atoms with Crippen LogP contribution in [0.3, 0.4) is 0 Å². The molecule has 0 atom stereocenters. The zero-order chi connectivity index (χ0) is 12.9. The van der Waals surface area contributed by atoms with Crippen molar-refractivity contribution in [2.75, 3.05) is 6.61 Å². The van der Waals surface area contributed by atoms with E-state index in [4.69, 9.17) is 4.74 Å². The summed E-state index contributed by atoms with van der Waals surface area (Å²) in [7, 11) is 0. The third-order valence-electron chi connectivity index (χ3n) is 3.51. The summed E-state index contributed by atoms with van der Waals surface area (Å²) in [6, 6.07) is 0. The molecule has 1 heterocycles. The van der Waals surface area contributed by atoms with Gasteiger partial charge in [0.2, 0.25) is 0 Å². The normalized spacial score (nSPS) is 23.9. The molecule has 1 rings (SSSR count). The molecule has 1 aliphatic heterocycles. The maximum absolute atomic E-state index is 11.4. The highest BCUT2D eigenvalue weighted by Crippen LogP contribution is 2.12. The molecule has 2 nitrogen and oxygen atoms in total. The number of carbonyl (C=O) groups excluding carboxylic acids is 1. The van der Waals surface area contributed by atoms with Crippen molar-refractivity contribution < 1.29 is 9.53 Å². The fourth-order valence-electron chi connectivity index (χ4n) is 2.34. The number of ether oxygens (including phenoxy) is 1. The van der Waals surface area contributed by atoms with Crippen molar-refractivity contribution >= 4 is 5.97 Å². The average molecular weight is 252 g/mol. The summed E-state index contributed by atoms with van der Waals surface area (Å²) in [4.78, 5) is 11.4. The molecule has 0 aliphatic carbocycles. The maximum atomic E-state index is 11.4. The van der Waals surface area contributed by atoms with E-state index in [0.717, 1.165) is 12.8 Å². The molecule has 0 spiro atoms. The summed E-state index contributed by atoms with van der Waals surface area (Å²) in [6.07, 6.45) is 18.7. The van der Waals surface area contributed by atoms with Crippen molar-refractivity contribution in [1.82, 2.24) is 0 Å². The molecule has 0 saturated carbocycles. The van der Waals surface area contributed by atoms with E-state index < -0.39 is 0 Å². The number of esters is 1. The lowest BCUT2D eigenvalue weighted by Gasteiger charge is -2.02. The second kappa shape index (κ2) is 11.3. The smallest absolute Gasteiger partial charge is 0.306 e. The van der Waals surface area contributed by atoms with Gasteiger partial charge in [-0.1, -0.05) is 63.5 Å². The predicted molar refractivity (Wildman–Crippen MR) is 75.5 cm³/mol. The summed E-state index contributed by atoms with van der Waals surface area (Å²) >= 11 is 0. The number of allylic oxidation sites excluding steroid dienone is 1. The molecule has 0 aromatic rings. The van der Waals surface area contributed by atoms with Gasteiger partial charge >= 0.3 is 5.97 Å². The molecule has 1 aliphatic rings. The molecule has 0 aromatic carbocycles. The highest BCUT2D eigenvalue weighted by atomic mass is 16.5. The van der Waals surface area contributed by atoms with Gasteiger partial charge in [0.05, 0.1) is 0 Å². The molecule has 2 heteroatoms. The van der Waals surface area contributed by atoms with E-state index in [1.165, 1.54) is 57.8 Å². The average Bonchev–Trinajstić information content (AvgIpc) is 2.37. The van der Waals surface area contributed by atoms with Crippen LogP contribution in [-0.2, 0) is 9.53 Å². The number of carbonyl (C=O) groups is 1. The lowest BCUT2D eigenvalue weighted by molar-refractivity contribution is -0.142. The van der Waals surface area contributed by atoms with Crippen molar-refractivity contribution in [2.45, 2.75) is 77.0 Å². The molecule has 104 valence electrons. The predicted octanol–water partition coefficient (Wildman–Crippen LogP) is 4.78. The molecule has 0 saturated heterocycles. The van der Waals surface area contributed by atoms with Crippen LogP contribution < -0.4 is 0 Å². The van der Waals surface area contributed by atoms with Crippen LogP contribution in [0, 0.1) is 0 Å². The Morgan fingerprint density at radius 2 is 1.28 bits per heavy atom. The molecule has 18 heavy (non-hydrogen) atoms. The van der Waals surface area contributed by atoms with Crippen LogP contribution in [0.5, 0.6) is 0 Å². The maximum Gasteiger partial charge on any atom is 0.306 e. The Kier molecular flexibility index (Phi) is 9.59. The van der Waals surface area contributed by atoms with Crippen molar-refractivity contribution in [2.24, 2.45) is 0 Å². The highest BCUT2D eigenvalue weighted by Gasteiger charge is 2.01. The Morgan fingerprint density at radius 3 is 1.94 bits per heavy atom. The van der Waals surface area contributed by atoms with Crippen LogP contribution in [0.4, 0.5) is 0 Å². The van der Waals surface area contributed by atoms with Crippen molar-refractivity contribution in [3.05, 3.63) is 12.2 Å². The molecular formula is C16H28O2. The minimum Gasteiger partial charge on any atom is -0.461 e. The zero-order valence-electron chi connectivity index (χ0n) is 11.7. The molecule has 0 N–H and O–H groups in total. The molecule has 0 radical (unpaired) electrons. The third kappa shape index (κ3) is 9.26. The summed E-state index contributed by atoms with van der Waals surface area (Å²) < 4.78 is 5.14. The third-order valence-corrected chi connectivity index (χ3v) is 3.51. The van der Waals surface area contributed by atoms with Crippen molar-refractivity contribution in [3.63, 3.8) is 0 Å². The minimum absolute atomic E-state index is 0.0380. The van der Waals surface area contributed by atoms with Crippen molar-refractivity contribution in [1.29, 1.82) is 0 Å². The number of rotatable bonds is 0. The highest BCUT2D eigenvalue weighted by molar-refractivity contribution is 5.69.